The Hall–Kier alpha value is -3.99. The molecule has 0 aliphatic rings. The summed E-state index contributed by atoms with van der Waals surface area (Å²) in [7, 11) is 3.69. The van der Waals surface area contributed by atoms with E-state index in [0.29, 0.717) is 33.8 Å². The van der Waals surface area contributed by atoms with E-state index in [-0.39, 0.29) is 11.5 Å². The first-order valence-electron chi connectivity index (χ1n) is 10.6. The van der Waals surface area contributed by atoms with E-state index in [4.69, 9.17) is 5.73 Å². The van der Waals surface area contributed by atoms with Gasteiger partial charge in [0.05, 0.1) is 22.3 Å². The summed E-state index contributed by atoms with van der Waals surface area (Å²) in [6.07, 6.45) is 0. The lowest BCUT2D eigenvalue weighted by molar-refractivity contribution is 0.906. The van der Waals surface area contributed by atoms with Gasteiger partial charge in [-0.3, -0.25) is 9.20 Å². The summed E-state index contributed by atoms with van der Waals surface area (Å²) in [5.74, 6) is 2.04. The van der Waals surface area contributed by atoms with Gasteiger partial charge in [0.25, 0.3) is 5.56 Å². The number of rotatable bonds is 5. The number of benzene rings is 2. The lowest BCUT2D eigenvalue weighted by Gasteiger charge is -2.14. The van der Waals surface area contributed by atoms with E-state index in [2.05, 4.69) is 25.1 Å². The molecule has 0 aliphatic carbocycles. The van der Waals surface area contributed by atoms with Crippen LogP contribution in [0.15, 0.2) is 52.4 Å². The standard InChI is InChI=1S/C23H23N9OS/c1-13-8-7-11-16(14(13)2)31-19(33)15-9-5-6-10-17(15)32-22(31)28-29-23(32)34-12-18-25-20(24)27-21(26-18)30(3)4/h5-11H,12H2,1-4H3,(H2,24,25,26,27). The third kappa shape index (κ3) is 3.63. The Morgan fingerprint density at radius 3 is 2.59 bits per heavy atom. The summed E-state index contributed by atoms with van der Waals surface area (Å²) in [6.45, 7) is 4.03. The Bertz CT molecular complexity index is 1610. The molecule has 10 nitrogen and oxygen atoms in total. The largest absolute Gasteiger partial charge is 0.368 e. The highest BCUT2D eigenvalue weighted by molar-refractivity contribution is 7.98. The van der Waals surface area contributed by atoms with E-state index in [1.165, 1.54) is 11.8 Å². The van der Waals surface area contributed by atoms with E-state index in [1.54, 1.807) is 9.47 Å². The van der Waals surface area contributed by atoms with Gasteiger partial charge >= 0.3 is 0 Å². The average Bonchev–Trinajstić information content (AvgIpc) is 3.24. The van der Waals surface area contributed by atoms with Gasteiger partial charge in [-0.2, -0.15) is 15.0 Å². The Labute approximate surface area is 199 Å². The summed E-state index contributed by atoms with van der Waals surface area (Å²) >= 11 is 1.42. The van der Waals surface area contributed by atoms with Crippen LogP contribution in [-0.4, -0.2) is 48.2 Å². The zero-order valence-corrected chi connectivity index (χ0v) is 20.0. The maximum Gasteiger partial charge on any atom is 0.267 e. The Morgan fingerprint density at radius 2 is 1.79 bits per heavy atom. The van der Waals surface area contributed by atoms with Crippen molar-refractivity contribution in [3.05, 3.63) is 69.8 Å². The second kappa shape index (κ2) is 8.41. The van der Waals surface area contributed by atoms with Crippen LogP contribution < -0.4 is 16.2 Å². The summed E-state index contributed by atoms with van der Waals surface area (Å²) in [5, 5.41) is 10.0. The van der Waals surface area contributed by atoms with E-state index < -0.39 is 0 Å². The minimum atomic E-state index is -0.137. The highest BCUT2D eigenvalue weighted by Gasteiger charge is 2.19. The molecule has 3 aromatic heterocycles. The molecule has 0 fully saturated rings. The summed E-state index contributed by atoms with van der Waals surface area (Å²) in [4.78, 5) is 28.2. The monoisotopic (exact) mass is 473 g/mol. The van der Waals surface area contributed by atoms with Crippen molar-refractivity contribution in [2.45, 2.75) is 24.8 Å². The van der Waals surface area contributed by atoms with Gasteiger partial charge in [-0.05, 0) is 43.2 Å². The number of hydrogen-bond acceptors (Lipinski definition) is 9. The SMILES string of the molecule is Cc1cccc(-n2c(=O)c3ccccc3n3c(SCc4nc(N)nc(N(C)C)n4)nnc23)c1C. The van der Waals surface area contributed by atoms with Gasteiger partial charge in [0.15, 0.2) is 5.16 Å². The number of anilines is 2. The first kappa shape index (κ1) is 21.8. The molecule has 0 radical (unpaired) electrons. The number of hydrogen-bond donors (Lipinski definition) is 1. The molecule has 0 unspecified atom stereocenters. The minimum Gasteiger partial charge on any atom is -0.368 e. The van der Waals surface area contributed by atoms with Crippen molar-refractivity contribution in [1.82, 2.24) is 34.1 Å². The van der Waals surface area contributed by atoms with E-state index in [0.717, 1.165) is 22.3 Å². The Balaban J connectivity index is 1.68. The Kier molecular flexibility index (Phi) is 5.40. The fourth-order valence-electron chi connectivity index (χ4n) is 3.79. The molecule has 2 N–H and O–H groups in total. The molecule has 0 saturated carbocycles. The first-order chi connectivity index (χ1) is 16.3. The third-order valence-electron chi connectivity index (χ3n) is 5.63. The first-order valence-corrected chi connectivity index (χ1v) is 11.6. The molecule has 5 rings (SSSR count). The van der Waals surface area contributed by atoms with Crippen LogP contribution in [0.4, 0.5) is 11.9 Å². The predicted molar refractivity (Wildman–Crippen MR) is 134 cm³/mol. The van der Waals surface area contributed by atoms with Gasteiger partial charge in [-0.15, -0.1) is 10.2 Å². The number of thioether (sulfide) groups is 1. The van der Waals surface area contributed by atoms with Crippen molar-refractivity contribution in [2.75, 3.05) is 24.7 Å². The molecule has 0 amide bonds. The van der Waals surface area contributed by atoms with Crippen LogP contribution in [0.3, 0.4) is 0 Å². The maximum atomic E-state index is 13.6. The number of nitrogens with two attached hydrogens (primary N) is 1. The molecule has 172 valence electrons. The van der Waals surface area contributed by atoms with Crippen molar-refractivity contribution >= 4 is 40.3 Å². The molecule has 0 bridgehead atoms. The van der Waals surface area contributed by atoms with Crippen molar-refractivity contribution in [3.8, 4) is 5.69 Å². The highest BCUT2D eigenvalue weighted by atomic mass is 32.2. The van der Waals surface area contributed by atoms with Crippen LogP contribution in [0.1, 0.15) is 17.0 Å². The van der Waals surface area contributed by atoms with Crippen LogP contribution in [0.25, 0.3) is 22.4 Å². The van der Waals surface area contributed by atoms with Crippen LogP contribution in [0.2, 0.25) is 0 Å². The molecule has 5 aromatic rings. The molecule has 3 heterocycles. The van der Waals surface area contributed by atoms with Gasteiger partial charge in [0.2, 0.25) is 17.7 Å². The van der Waals surface area contributed by atoms with Crippen molar-refractivity contribution < 1.29 is 0 Å². The minimum absolute atomic E-state index is 0.137. The van der Waals surface area contributed by atoms with E-state index >= 15 is 0 Å². The van der Waals surface area contributed by atoms with Crippen molar-refractivity contribution in [3.63, 3.8) is 0 Å². The molecule has 0 atom stereocenters. The second-order valence-electron chi connectivity index (χ2n) is 8.09. The summed E-state index contributed by atoms with van der Waals surface area (Å²) < 4.78 is 3.54. The van der Waals surface area contributed by atoms with Gasteiger partial charge in [0, 0.05) is 14.1 Å². The zero-order chi connectivity index (χ0) is 24.0. The number of nitrogens with zero attached hydrogens (tertiary/aromatic N) is 8. The van der Waals surface area contributed by atoms with Crippen molar-refractivity contribution in [2.24, 2.45) is 0 Å². The molecule has 2 aromatic carbocycles. The van der Waals surface area contributed by atoms with Gasteiger partial charge in [-0.1, -0.05) is 36.0 Å². The third-order valence-corrected chi connectivity index (χ3v) is 6.55. The molecule has 0 saturated heterocycles. The predicted octanol–water partition coefficient (Wildman–Crippen LogP) is 2.78. The van der Waals surface area contributed by atoms with Crippen LogP contribution in [0.5, 0.6) is 0 Å². The summed E-state index contributed by atoms with van der Waals surface area (Å²) in [6, 6.07) is 13.4. The fraction of sp³-hybridized carbons (Fsp3) is 0.217. The van der Waals surface area contributed by atoms with E-state index in [9.17, 15) is 4.79 Å². The van der Waals surface area contributed by atoms with E-state index in [1.807, 2.05) is 74.8 Å². The quantitative estimate of drug-likeness (QED) is 0.384. The smallest absolute Gasteiger partial charge is 0.267 e. The Morgan fingerprint density at radius 1 is 1.00 bits per heavy atom. The number of fused-ring (bicyclic) bond motifs is 3. The molecular weight excluding hydrogens is 450 g/mol. The van der Waals surface area contributed by atoms with Crippen LogP contribution >= 0.6 is 11.8 Å². The molecule has 0 spiro atoms. The lowest BCUT2D eigenvalue weighted by atomic mass is 10.1. The van der Waals surface area contributed by atoms with Gasteiger partial charge in [-0.25, -0.2) is 4.57 Å². The normalized spacial score (nSPS) is 11.4. The molecular formula is C23H23N9OS. The van der Waals surface area contributed by atoms with Crippen LogP contribution in [0, 0.1) is 13.8 Å². The number of nitrogen functional groups attached to an aromatic ring is 1. The zero-order valence-electron chi connectivity index (χ0n) is 19.2. The molecule has 11 heteroatoms. The number of aryl methyl sites for hydroxylation is 1. The maximum absolute atomic E-state index is 13.6. The highest BCUT2D eigenvalue weighted by Crippen LogP contribution is 2.26. The van der Waals surface area contributed by atoms with Crippen molar-refractivity contribution in [1.29, 1.82) is 0 Å². The number of para-hydroxylation sites is 1. The molecule has 34 heavy (non-hydrogen) atoms. The fourth-order valence-corrected chi connectivity index (χ4v) is 4.58. The van der Waals surface area contributed by atoms with Gasteiger partial charge in [0.1, 0.15) is 5.82 Å². The average molecular weight is 474 g/mol. The lowest BCUT2D eigenvalue weighted by Crippen LogP contribution is -2.22. The number of aromatic nitrogens is 7. The topological polar surface area (TPSA) is 120 Å². The molecule has 0 aliphatic heterocycles. The summed E-state index contributed by atoms with van der Waals surface area (Å²) in [5.41, 5.74) is 9.35. The van der Waals surface area contributed by atoms with Gasteiger partial charge < -0.3 is 10.6 Å². The second-order valence-corrected chi connectivity index (χ2v) is 9.03. The van der Waals surface area contributed by atoms with Crippen LogP contribution in [-0.2, 0) is 5.75 Å².